The summed E-state index contributed by atoms with van der Waals surface area (Å²) in [5.74, 6) is 0.331. The molecule has 0 aromatic carbocycles. The molecule has 0 N–H and O–H groups in total. The van der Waals surface area contributed by atoms with Crippen molar-refractivity contribution in [3.8, 4) is 0 Å². The van der Waals surface area contributed by atoms with Crippen LogP contribution in [0.2, 0.25) is 0 Å². The summed E-state index contributed by atoms with van der Waals surface area (Å²) in [7, 11) is 1.09. The van der Waals surface area contributed by atoms with E-state index in [4.69, 9.17) is 34.8 Å². The minimum Gasteiger partial charge on any atom is -0.465 e. The second-order valence-corrected chi connectivity index (χ2v) is 2.87. The van der Waals surface area contributed by atoms with Gasteiger partial charge in [-0.15, -0.1) is 0 Å². The number of rotatable bonds is 2. The summed E-state index contributed by atoms with van der Waals surface area (Å²) in [6.45, 7) is 0. The Morgan fingerprint density at radius 3 is 2.08 bits per heavy atom. The smallest absolute Gasteiger partial charge is 0.350 e. The lowest BCUT2D eigenvalue weighted by atomic mass is 10.3. The van der Waals surface area contributed by atoms with Crippen molar-refractivity contribution in [1.29, 1.82) is 0 Å². The van der Waals surface area contributed by atoms with Crippen LogP contribution in [0.5, 0.6) is 0 Å². The van der Waals surface area contributed by atoms with Gasteiger partial charge >= 0.3 is 5.97 Å². The Morgan fingerprint density at radius 2 is 1.83 bits per heavy atom. The Morgan fingerprint density at radius 1 is 1.33 bits per heavy atom. The van der Waals surface area contributed by atoms with Crippen LogP contribution in [0, 0.1) is 0 Å². The van der Waals surface area contributed by atoms with Gasteiger partial charge in [-0.05, 0) is 0 Å². The van der Waals surface area contributed by atoms with E-state index in [0.29, 0.717) is 0 Å². The highest BCUT2D eigenvalue weighted by Gasteiger charge is 2.17. The highest BCUT2D eigenvalue weighted by molar-refractivity contribution is 6.60. The predicted molar refractivity (Wildman–Crippen MR) is 45.8 cm³/mol. The van der Waals surface area contributed by atoms with Gasteiger partial charge in [0.1, 0.15) is 10.4 Å². The summed E-state index contributed by atoms with van der Waals surface area (Å²) < 4.78 is 3.81. The quantitative estimate of drug-likeness (QED) is 0.314. The van der Waals surface area contributed by atoms with Crippen molar-refractivity contribution in [1.82, 2.24) is 0 Å². The molecule has 0 unspecified atom stereocenters. The maximum absolute atomic E-state index is 10.7. The number of methoxy groups -OCH3 is 1. The fraction of sp³-hybridized carbons (Fsp3) is 0.167. The van der Waals surface area contributed by atoms with Gasteiger partial charge in [0, 0.05) is 0 Å². The van der Waals surface area contributed by atoms with E-state index in [9.17, 15) is 9.59 Å². The normalized spacial score (nSPS) is 8.33. The maximum Gasteiger partial charge on any atom is 0.350 e. The van der Waals surface area contributed by atoms with Gasteiger partial charge in [-0.3, -0.25) is 0 Å². The van der Waals surface area contributed by atoms with Crippen LogP contribution >= 0.6 is 34.8 Å². The van der Waals surface area contributed by atoms with E-state index in [1.165, 1.54) is 5.94 Å². The summed E-state index contributed by atoms with van der Waals surface area (Å²) in [4.78, 5) is 20.9. The molecular formula is C6H3Cl3O3. The van der Waals surface area contributed by atoms with E-state index < -0.39 is 11.5 Å². The summed E-state index contributed by atoms with van der Waals surface area (Å²) in [6, 6.07) is 0. The monoisotopic (exact) mass is 228 g/mol. The van der Waals surface area contributed by atoms with Crippen LogP contribution < -0.4 is 0 Å². The third-order valence-corrected chi connectivity index (χ3v) is 1.83. The third kappa shape index (κ3) is 2.88. The molecular weight excluding hydrogens is 226 g/mol. The van der Waals surface area contributed by atoms with Crippen LogP contribution in [0.4, 0.5) is 0 Å². The third-order valence-electron chi connectivity index (χ3n) is 0.877. The van der Waals surface area contributed by atoms with Gasteiger partial charge in [0.05, 0.1) is 12.1 Å². The first-order valence-electron chi connectivity index (χ1n) is 2.59. The molecule has 66 valence electrons. The highest BCUT2D eigenvalue weighted by Crippen LogP contribution is 2.23. The standard InChI is InChI=1S/C6H3Cl3O3/c1-12-6(11)3(2-10)4(7)5(8)9/h1H3. The van der Waals surface area contributed by atoms with Crippen molar-refractivity contribution in [3.05, 3.63) is 15.1 Å². The Bertz CT molecular complexity index is 272. The van der Waals surface area contributed by atoms with E-state index in [1.807, 2.05) is 0 Å². The molecule has 0 saturated heterocycles. The zero-order valence-corrected chi connectivity index (χ0v) is 8.13. The Balaban J connectivity index is 4.99. The van der Waals surface area contributed by atoms with E-state index in [1.54, 1.807) is 0 Å². The average molecular weight is 229 g/mol. The van der Waals surface area contributed by atoms with Crippen LogP contribution in [-0.4, -0.2) is 19.0 Å². The van der Waals surface area contributed by atoms with E-state index in [2.05, 4.69) is 4.74 Å². The van der Waals surface area contributed by atoms with Crippen molar-refractivity contribution < 1.29 is 14.3 Å². The molecule has 12 heavy (non-hydrogen) atoms. The molecule has 0 rings (SSSR count). The number of esters is 1. The van der Waals surface area contributed by atoms with Crippen LogP contribution in [0.25, 0.3) is 0 Å². The zero-order chi connectivity index (χ0) is 9.72. The molecule has 3 nitrogen and oxygen atoms in total. The molecule has 0 aromatic rings. The minimum atomic E-state index is -0.936. The summed E-state index contributed by atoms with van der Waals surface area (Å²) in [5.41, 5.74) is -0.529. The number of hydrogen-bond donors (Lipinski definition) is 0. The lowest BCUT2D eigenvalue weighted by Crippen LogP contribution is -2.05. The molecule has 0 radical (unpaired) electrons. The van der Waals surface area contributed by atoms with Gasteiger partial charge in [-0.2, -0.15) is 0 Å². The molecule has 0 aliphatic carbocycles. The van der Waals surface area contributed by atoms with Crippen molar-refractivity contribution in [2.75, 3.05) is 7.11 Å². The number of carbonyl (C=O) groups is 1. The fourth-order valence-electron chi connectivity index (χ4n) is 0.373. The molecule has 0 fully saturated rings. The number of ether oxygens (including phenoxy) is 1. The van der Waals surface area contributed by atoms with Gasteiger partial charge in [-0.1, -0.05) is 34.8 Å². The molecule has 0 saturated carbocycles. The molecule has 0 aliphatic heterocycles. The molecule has 0 spiro atoms. The van der Waals surface area contributed by atoms with Crippen LogP contribution in [0.1, 0.15) is 0 Å². The van der Waals surface area contributed by atoms with Crippen molar-refractivity contribution >= 4 is 46.7 Å². The highest BCUT2D eigenvalue weighted by atomic mass is 35.5. The molecule has 0 atom stereocenters. The largest absolute Gasteiger partial charge is 0.465 e. The Labute approximate surface area is 83.5 Å². The van der Waals surface area contributed by atoms with E-state index >= 15 is 0 Å². The van der Waals surface area contributed by atoms with Gasteiger partial charge in [0.15, 0.2) is 5.57 Å². The SMILES string of the molecule is COC(=O)C(=C=O)C(Cl)=C(Cl)Cl. The zero-order valence-electron chi connectivity index (χ0n) is 5.86. The topological polar surface area (TPSA) is 43.4 Å². The predicted octanol–water partition coefficient (Wildman–Crippen LogP) is 1.80. The Hall–Kier alpha value is -0.470. The summed E-state index contributed by atoms with van der Waals surface area (Å²) in [5, 5.41) is -0.375. The van der Waals surface area contributed by atoms with Crippen molar-refractivity contribution in [3.63, 3.8) is 0 Å². The Kier molecular flexibility index (Phi) is 5.02. The minimum absolute atomic E-state index is 0.375. The molecule has 0 bridgehead atoms. The van der Waals surface area contributed by atoms with Gasteiger partial charge in [0.2, 0.25) is 0 Å². The lowest BCUT2D eigenvalue weighted by molar-refractivity contribution is -0.135. The molecule has 0 aromatic heterocycles. The molecule has 0 amide bonds. The van der Waals surface area contributed by atoms with Gasteiger partial charge in [0.25, 0.3) is 0 Å². The van der Waals surface area contributed by atoms with Crippen LogP contribution in [-0.2, 0) is 14.3 Å². The van der Waals surface area contributed by atoms with Crippen molar-refractivity contribution in [2.45, 2.75) is 0 Å². The fourth-order valence-corrected chi connectivity index (χ4v) is 0.677. The second kappa shape index (κ2) is 5.22. The van der Waals surface area contributed by atoms with Crippen molar-refractivity contribution in [2.24, 2.45) is 0 Å². The summed E-state index contributed by atoms with van der Waals surface area (Å²) >= 11 is 15.8. The number of carbonyl (C=O) groups excluding carboxylic acids is 2. The van der Waals surface area contributed by atoms with Gasteiger partial charge < -0.3 is 4.74 Å². The molecule has 6 heteroatoms. The molecule has 0 aliphatic rings. The van der Waals surface area contributed by atoms with Crippen LogP contribution in [0.15, 0.2) is 15.1 Å². The summed E-state index contributed by atoms with van der Waals surface area (Å²) in [6.07, 6.45) is 0. The van der Waals surface area contributed by atoms with Gasteiger partial charge in [-0.25, -0.2) is 9.59 Å². The number of halogens is 3. The molecule has 0 heterocycles. The first kappa shape index (κ1) is 11.5. The van der Waals surface area contributed by atoms with Crippen LogP contribution in [0.3, 0.4) is 0 Å². The first-order valence-corrected chi connectivity index (χ1v) is 3.72. The van der Waals surface area contributed by atoms with E-state index in [-0.39, 0.29) is 9.52 Å². The lowest BCUT2D eigenvalue weighted by Gasteiger charge is -1.98. The maximum atomic E-state index is 10.7. The average Bonchev–Trinajstić information content (AvgIpc) is 2.05. The second-order valence-electron chi connectivity index (χ2n) is 1.54. The number of hydrogen-bond acceptors (Lipinski definition) is 3. The van der Waals surface area contributed by atoms with E-state index in [0.717, 1.165) is 7.11 Å². The first-order chi connectivity index (χ1) is 5.54.